The molecule has 0 N–H and O–H groups in total. The molecule has 0 heterocycles. The number of anilines is 1. The van der Waals surface area contributed by atoms with E-state index in [0.29, 0.717) is 5.75 Å². The third kappa shape index (κ3) is 4.78. The van der Waals surface area contributed by atoms with Crippen molar-refractivity contribution in [2.75, 3.05) is 19.1 Å². The van der Waals surface area contributed by atoms with Crippen LogP contribution in [0.1, 0.15) is 22.3 Å². The van der Waals surface area contributed by atoms with E-state index in [1.807, 2.05) is 6.92 Å². The molecular formula is C20H19NO6. The quantitative estimate of drug-likeness (QED) is 0.441. The number of imide groups is 1. The van der Waals surface area contributed by atoms with Crippen molar-refractivity contribution in [2.45, 2.75) is 13.3 Å². The van der Waals surface area contributed by atoms with Crippen LogP contribution in [-0.4, -0.2) is 37.8 Å². The maximum atomic E-state index is 12.9. The van der Waals surface area contributed by atoms with Gasteiger partial charge in [-0.25, -0.2) is 9.69 Å². The van der Waals surface area contributed by atoms with Gasteiger partial charge in [-0.2, -0.15) is 0 Å². The van der Waals surface area contributed by atoms with Crippen LogP contribution >= 0.6 is 0 Å². The molecule has 7 nitrogen and oxygen atoms in total. The minimum absolute atomic E-state index is 0.254. The molecule has 0 radical (unpaired) electrons. The Bertz CT molecular complexity index is 855. The van der Waals surface area contributed by atoms with Crippen molar-refractivity contribution < 1.29 is 28.7 Å². The van der Waals surface area contributed by atoms with E-state index in [-0.39, 0.29) is 11.3 Å². The van der Waals surface area contributed by atoms with Crippen LogP contribution < -0.4 is 9.64 Å². The summed E-state index contributed by atoms with van der Waals surface area (Å²) in [7, 11) is 2.54. The number of ketones is 1. The minimum Gasteiger partial charge on any atom is -0.497 e. The van der Waals surface area contributed by atoms with Crippen molar-refractivity contribution in [3.63, 3.8) is 0 Å². The Morgan fingerprint density at radius 2 is 1.48 bits per heavy atom. The van der Waals surface area contributed by atoms with Gasteiger partial charge in [0.25, 0.3) is 5.91 Å². The Balaban J connectivity index is 2.39. The molecule has 0 fully saturated rings. The van der Waals surface area contributed by atoms with Crippen LogP contribution in [0.2, 0.25) is 0 Å². The van der Waals surface area contributed by atoms with Crippen LogP contribution in [0.5, 0.6) is 5.75 Å². The Kier molecular flexibility index (Phi) is 6.43. The fourth-order valence-corrected chi connectivity index (χ4v) is 2.33. The average Bonchev–Trinajstić information content (AvgIpc) is 2.68. The highest BCUT2D eigenvalue weighted by molar-refractivity contribution is 6.39. The topological polar surface area (TPSA) is 90.0 Å². The molecule has 27 heavy (non-hydrogen) atoms. The highest BCUT2D eigenvalue weighted by atomic mass is 16.5. The van der Waals surface area contributed by atoms with Crippen LogP contribution in [0.4, 0.5) is 5.69 Å². The van der Waals surface area contributed by atoms with E-state index in [1.165, 1.54) is 19.2 Å². The molecule has 2 rings (SSSR count). The summed E-state index contributed by atoms with van der Waals surface area (Å²) >= 11 is 0. The van der Waals surface area contributed by atoms with Gasteiger partial charge in [0.1, 0.15) is 5.75 Å². The smallest absolute Gasteiger partial charge is 0.374 e. The van der Waals surface area contributed by atoms with Crippen LogP contribution in [0.3, 0.4) is 0 Å². The summed E-state index contributed by atoms with van der Waals surface area (Å²) in [4.78, 5) is 49.5. The van der Waals surface area contributed by atoms with Crippen LogP contribution in [0.25, 0.3) is 0 Å². The molecule has 140 valence electrons. The first-order valence-electron chi connectivity index (χ1n) is 8.06. The lowest BCUT2D eigenvalue weighted by atomic mass is 10.1. The van der Waals surface area contributed by atoms with Crippen molar-refractivity contribution in [3.05, 3.63) is 59.7 Å². The number of benzene rings is 2. The monoisotopic (exact) mass is 369 g/mol. The summed E-state index contributed by atoms with van der Waals surface area (Å²) in [6, 6.07) is 12.9. The predicted octanol–water partition coefficient (Wildman–Crippen LogP) is 2.31. The van der Waals surface area contributed by atoms with E-state index < -0.39 is 30.0 Å². The molecule has 0 atom stereocenters. The van der Waals surface area contributed by atoms with Gasteiger partial charge < -0.3 is 9.47 Å². The minimum atomic E-state index is -1.14. The first-order chi connectivity index (χ1) is 12.9. The summed E-state index contributed by atoms with van der Waals surface area (Å²) in [5.41, 5.74) is 1.48. The highest BCUT2D eigenvalue weighted by Crippen LogP contribution is 2.22. The molecule has 2 aromatic carbocycles. The maximum Gasteiger partial charge on any atom is 0.374 e. The van der Waals surface area contributed by atoms with Crippen molar-refractivity contribution in [1.29, 1.82) is 0 Å². The van der Waals surface area contributed by atoms with E-state index in [9.17, 15) is 19.2 Å². The average molecular weight is 369 g/mol. The summed E-state index contributed by atoms with van der Waals surface area (Å²) in [5.74, 6) is -3.07. The second-order valence-electron chi connectivity index (χ2n) is 5.69. The van der Waals surface area contributed by atoms with E-state index in [4.69, 9.17) is 4.74 Å². The second-order valence-corrected chi connectivity index (χ2v) is 5.69. The molecule has 0 aliphatic heterocycles. The van der Waals surface area contributed by atoms with Crippen LogP contribution in [0, 0.1) is 6.92 Å². The van der Waals surface area contributed by atoms with Gasteiger partial charge in [-0.15, -0.1) is 0 Å². The van der Waals surface area contributed by atoms with Gasteiger partial charge in [0, 0.05) is 5.56 Å². The third-order valence-electron chi connectivity index (χ3n) is 3.81. The molecule has 7 heteroatoms. The van der Waals surface area contributed by atoms with Gasteiger partial charge in [0.2, 0.25) is 11.7 Å². The van der Waals surface area contributed by atoms with Crippen molar-refractivity contribution in [2.24, 2.45) is 0 Å². The highest BCUT2D eigenvalue weighted by Gasteiger charge is 2.29. The van der Waals surface area contributed by atoms with E-state index in [0.717, 1.165) is 17.6 Å². The number of methoxy groups -OCH3 is 2. The molecular weight excluding hydrogens is 350 g/mol. The van der Waals surface area contributed by atoms with Crippen molar-refractivity contribution in [1.82, 2.24) is 0 Å². The molecule has 2 amide bonds. The number of carbonyl (C=O) groups is 4. The van der Waals surface area contributed by atoms with Gasteiger partial charge in [-0.05, 0) is 43.3 Å². The third-order valence-corrected chi connectivity index (χ3v) is 3.81. The van der Waals surface area contributed by atoms with Gasteiger partial charge in [-0.3, -0.25) is 14.4 Å². The Labute approximate surface area is 156 Å². The van der Waals surface area contributed by atoms with Gasteiger partial charge >= 0.3 is 5.97 Å². The first-order valence-corrected chi connectivity index (χ1v) is 8.06. The number of Topliss-reactive ketones (excluding diaryl/α,β-unsaturated/α-hetero) is 1. The number of aryl methyl sites for hydroxylation is 1. The fourth-order valence-electron chi connectivity index (χ4n) is 2.33. The molecule has 2 aromatic rings. The van der Waals surface area contributed by atoms with Gasteiger partial charge in [0.15, 0.2) is 0 Å². The largest absolute Gasteiger partial charge is 0.497 e. The Hall–Kier alpha value is -3.48. The molecule has 0 bridgehead atoms. The lowest BCUT2D eigenvalue weighted by Crippen LogP contribution is -2.39. The SMILES string of the molecule is COC(=O)C(=O)CC(=O)N(C(=O)c1ccc(C)cc1)c1ccc(OC)cc1. The molecule has 0 spiro atoms. The number of carbonyl (C=O) groups excluding carboxylic acids is 4. The van der Waals surface area contributed by atoms with Crippen molar-refractivity contribution in [3.8, 4) is 5.75 Å². The number of hydrogen-bond donors (Lipinski definition) is 0. The second kappa shape index (κ2) is 8.75. The lowest BCUT2D eigenvalue weighted by Gasteiger charge is -2.21. The van der Waals surface area contributed by atoms with E-state index in [1.54, 1.807) is 36.4 Å². The summed E-state index contributed by atoms with van der Waals surface area (Å²) in [6.45, 7) is 1.87. The zero-order valence-electron chi connectivity index (χ0n) is 15.2. The zero-order valence-corrected chi connectivity index (χ0v) is 15.2. The lowest BCUT2D eigenvalue weighted by molar-refractivity contribution is -0.152. The fraction of sp³-hybridized carbons (Fsp3) is 0.200. The Morgan fingerprint density at radius 1 is 0.889 bits per heavy atom. The van der Waals surface area contributed by atoms with E-state index in [2.05, 4.69) is 4.74 Å². The number of ether oxygens (including phenoxy) is 2. The summed E-state index contributed by atoms with van der Waals surface area (Å²) in [6.07, 6.45) is -0.781. The van der Waals surface area contributed by atoms with Gasteiger partial charge in [-0.1, -0.05) is 17.7 Å². The molecule has 0 saturated carbocycles. The molecule has 0 saturated heterocycles. The normalized spacial score (nSPS) is 10.0. The Morgan fingerprint density at radius 3 is 2.00 bits per heavy atom. The van der Waals surface area contributed by atoms with Crippen molar-refractivity contribution >= 4 is 29.3 Å². The van der Waals surface area contributed by atoms with Crippen LogP contribution in [-0.2, 0) is 19.1 Å². The predicted molar refractivity (Wildman–Crippen MR) is 97.6 cm³/mol. The summed E-state index contributed by atoms with van der Waals surface area (Å²) < 4.78 is 9.40. The first kappa shape index (κ1) is 19.8. The maximum absolute atomic E-state index is 12.9. The standard InChI is InChI=1S/C20H19NO6/c1-13-4-6-14(7-5-13)19(24)21(15-8-10-16(26-2)11-9-15)18(23)12-17(22)20(25)27-3/h4-11H,12H2,1-3H3. The number of amides is 2. The number of rotatable bonds is 6. The number of esters is 1. The van der Waals surface area contributed by atoms with Gasteiger partial charge in [0.05, 0.1) is 26.3 Å². The molecule has 0 aromatic heterocycles. The van der Waals surface area contributed by atoms with E-state index >= 15 is 0 Å². The molecule has 0 aliphatic rings. The number of nitrogens with zero attached hydrogens (tertiary/aromatic N) is 1. The zero-order chi connectivity index (χ0) is 20.0. The van der Waals surface area contributed by atoms with Crippen LogP contribution in [0.15, 0.2) is 48.5 Å². The molecule has 0 unspecified atom stereocenters. The number of hydrogen-bond acceptors (Lipinski definition) is 6. The molecule has 0 aliphatic carbocycles. The summed E-state index contributed by atoms with van der Waals surface area (Å²) in [5, 5.41) is 0.